The Morgan fingerprint density at radius 1 is 0.467 bits per heavy atom. The average molecular weight is 844 g/mol. The fourth-order valence-electron chi connectivity index (χ4n) is 7.85. The maximum Gasteiger partial charge on any atom is 0.305 e. The van der Waals surface area contributed by atoms with Crippen molar-refractivity contribution < 1.29 is 24.5 Å². The number of rotatable bonds is 48. The molecular weight excluding hydrogens is 743 g/mol. The van der Waals surface area contributed by atoms with Crippen LogP contribution in [0, 0.1) is 0 Å². The smallest absolute Gasteiger partial charge is 0.305 e. The average Bonchev–Trinajstić information content (AvgIpc) is 3.25. The molecule has 0 aromatic heterocycles. The first kappa shape index (κ1) is 58.1. The highest BCUT2D eigenvalue weighted by Gasteiger charge is 2.20. The van der Waals surface area contributed by atoms with Crippen molar-refractivity contribution in [1.82, 2.24) is 5.32 Å². The van der Waals surface area contributed by atoms with Crippen molar-refractivity contribution in [3.05, 3.63) is 36.5 Å². The normalized spacial score (nSPS) is 12.9. The molecule has 0 rings (SSSR count). The van der Waals surface area contributed by atoms with Crippen LogP contribution in [0.2, 0.25) is 0 Å². The van der Waals surface area contributed by atoms with Gasteiger partial charge in [0.15, 0.2) is 0 Å². The van der Waals surface area contributed by atoms with Crippen molar-refractivity contribution in [2.45, 2.75) is 283 Å². The van der Waals surface area contributed by atoms with Gasteiger partial charge in [0.1, 0.15) is 0 Å². The quantitative estimate of drug-likeness (QED) is 0.0322. The Morgan fingerprint density at radius 3 is 1.33 bits per heavy atom. The van der Waals surface area contributed by atoms with Gasteiger partial charge in [-0.05, 0) is 77.0 Å². The SMILES string of the molecule is CCCCCC/C=C\C/C=C\CCCCCCCC(=O)OCCCCCC/C=C\CCCC(=O)NC(CO)C(O)CCCCCCCCCCCCCCCCCCCC. The van der Waals surface area contributed by atoms with Crippen LogP contribution in [0.4, 0.5) is 0 Å². The summed E-state index contributed by atoms with van der Waals surface area (Å²) >= 11 is 0. The summed E-state index contributed by atoms with van der Waals surface area (Å²) in [5.41, 5.74) is 0. The number of ether oxygens (including phenoxy) is 1. The highest BCUT2D eigenvalue weighted by Crippen LogP contribution is 2.16. The number of aliphatic hydroxyl groups is 2. The fraction of sp³-hybridized carbons (Fsp3) is 0.852. The lowest BCUT2D eigenvalue weighted by atomic mass is 10.0. The minimum Gasteiger partial charge on any atom is -0.466 e. The van der Waals surface area contributed by atoms with Gasteiger partial charge in [-0.25, -0.2) is 0 Å². The Kier molecular flexibility index (Phi) is 48.1. The van der Waals surface area contributed by atoms with Crippen LogP contribution in [0.25, 0.3) is 0 Å². The van der Waals surface area contributed by atoms with E-state index in [0.29, 0.717) is 25.9 Å². The Morgan fingerprint density at radius 2 is 0.850 bits per heavy atom. The molecule has 1 amide bonds. The van der Waals surface area contributed by atoms with Crippen LogP contribution in [-0.2, 0) is 14.3 Å². The summed E-state index contributed by atoms with van der Waals surface area (Å²) in [5, 5.41) is 23.2. The van der Waals surface area contributed by atoms with E-state index in [1.165, 1.54) is 154 Å². The summed E-state index contributed by atoms with van der Waals surface area (Å²) in [4.78, 5) is 24.5. The van der Waals surface area contributed by atoms with E-state index in [0.717, 1.165) is 83.5 Å². The lowest BCUT2D eigenvalue weighted by Gasteiger charge is -2.22. The van der Waals surface area contributed by atoms with Crippen LogP contribution in [0.1, 0.15) is 271 Å². The highest BCUT2D eigenvalue weighted by molar-refractivity contribution is 5.76. The fourth-order valence-corrected chi connectivity index (χ4v) is 7.85. The molecule has 0 saturated heterocycles. The predicted octanol–water partition coefficient (Wildman–Crippen LogP) is 15.7. The molecular formula is C54H101NO5. The van der Waals surface area contributed by atoms with E-state index in [9.17, 15) is 19.8 Å². The van der Waals surface area contributed by atoms with Crippen molar-refractivity contribution in [2.75, 3.05) is 13.2 Å². The number of hydrogen-bond donors (Lipinski definition) is 3. The summed E-state index contributed by atoms with van der Waals surface area (Å²) in [6.45, 7) is 4.84. The molecule has 6 nitrogen and oxygen atoms in total. The number of carbonyl (C=O) groups excluding carboxylic acids is 2. The van der Waals surface area contributed by atoms with Gasteiger partial charge >= 0.3 is 5.97 Å². The Bertz CT molecular complexity index is 977. The Labute approximate surface area is 373 Å². The summed E-state index contributed by atoms with van der Waals surface area (Å²) in [6.07, 6.45) is 59.8. The van der Waals surface area contributed by atoms with Crippen LogP contribution in [-0.4, -0.2) is 47.4 Å². The van der Waals surface area contributed by atoms with Crippen LogP contribution in [0.5, 0.6) is 0 Å². The molecule has 0 aliphatic carbocycles. The van der Waals surface area contributed by atoms with Gasteiger partial charge in [-0.2, -0.15) is 0 Å². The third-order valence-corrected chi connectivity index (χ3v) is 11.9. The zero-order valence-corrected chi connectivity index (χ0v) is 39.9. The van der Waals surface area contributed by atoms with Crippen molar-refractivity contribution >= 4 is 11.9 Å². The molecule has 60 heavy (non-hydrogen) atoms. The van der Waals surface area contributed by atoms with Gasteiger partial charge in [0.25, 0.3) is 0 Å². The number of carbonyl (C=O) groups is 2. The Balaban J connectivity index is 3.55. The molecule has 0 saturated carbocycles. The first-order chi connectivity index (χ1) is 29.5. The van der Waals surface area contributed by atoms with E-state index >= 15 is 0 Å². The third kappa shape index (κ3) is 45.6. The number of allylic oxidation sites excluding steroid dienone is 6. The topological polar surface area (TPSA) is 95.9 Å². The van der Waals surface area contributed by atoms with Gasteiger partial charge in [0, 0.05) is 12.8 Å². The van der Waals surface area contributed by atoms with Gasteiger partial charge < -0.3 is 20.3 Å². The van der Waals surface area contributed by atoms with E-state index in [1.807, 2.05) is 0 Å². The Hall–Kier alpha value is -1.92. The standard InChI is InChI=1S/C54H101NO5/c1-3-5-7-9-11-13-15-17-19-21-22-23-25-27-30-34-38-42-46-52(57)51(50-56)55-53(58)47-43-39-35-31-29-33-37-41-45-49-60-54(59)48-44-40-36-32-28-26-24-20-18-16-14-12-10-8-6-4-2/h14,16,20,24,31,35,51-52,56-57H,3-13,15,17-19,21-23,25-30,32-34,36-50H2,1-2H3,(H,55,58)/b16-14-,24-20-,35-31-. The number of aliphatic hydroxyl groups excluding tert-OH is 2. The highest BCUT2D eigenvalue weighted by atomic mass is 16.5. The number of unbranched alkanes of at least 4 members (excludes halogenated alkanes) is 31. The van der Waals surface area contributed by atoms with Crippen molar-refractivity contribution in [3.8, 4) is 0 Å². The molecule has 0 fully saturated rings. The largest absolute Gasteiger partial charge is 0.466 e. The zero-order valence-electron chi connectivity index (χ0n) is 39.9. The molecule has 0 bridgehead atoms. The summed E-state index contributed by atoms with van der Waals surface area (Å²) < 4.78 is 5.43. The number of hydrogen-bond acceptors (Lipinski definition) is 5. The van der Waals surface area contributed by atoms with Crippen LogP contribution in [0.15, 0.2) is 36.5 Å². The second-order valence-electron chi connectivity index (χ2n) is 17.8. The van der Waals surface area contributed by atoms with Gasteiger partial charge in [0.2, 0.25) is 5.91 Å². The minimum absolute atomic E-state index is 0.0491. The molecule has 2 unspecified atom stereocenters. The first-order valence-corrected chi connectivity index (χ1v) is 26.2. The van der Waals surface area contributed by atoms with E-state index in [-0.39, 0.29) is 18.5 Å². The lowest BCUT2D eigenvalue weighted by Crippen LogP contribution is -2.45. The minimum atomic E-state index is -0.697. The predicted molar refractivity (Wildman–Crippen MR) is 259 cm³/mol. The van der Waals surface area contributed by atoms with Crippen molar-refractivity contribution in [1.29, 1.82) is 0 Å². The number of esters is 1. The number of nitrogens with one attached hydrogen (secondary N) is 1. The lowest BCUT2D eigenvalue weighted by molar-refractivity contribution is -0.143. The van der Waals surface area contributed by atoms with E-state index < -0.39 is 12.1 Å². The molecule has 0 aromatic carbocycles. The second kappa shape index (κ2) is 49.7. The molecule has 3 N–H and O–H groups in total. The van der Waals surface area contributed by atoms with Crippen molar-refractivity contribution in [3.63, 3.8) is 0 Å². The summed E-state index contributed by atoms with van der Waals surface area (Å²) in [6, 6.07) is -0.581. The van der Waals surface area contributed by atoms with E-state index in [1.54, 1.807) is 0 Å². The molecule has 0 aliphatic rings. The molecule has 0 aromatic rings. The summed E-state index contributed by atoms with van der Waals surface area (Å²) in [7, 11) is 0. The van der Waals surface area contributed by atoms with Crippen LogP contribution < -0.4 is 5.32 Å². The maximum absolute atomic E-state index is 12.4. The number of amides is 1. The van der Waals surface area contributed by atoms with Gasteiger partial charge in [-0.1, -0.05) is 217 Å². The van der Waals surface area contributed by atoms with E-state index in [4.69, 9.17) is 4.74 Å². The maximum atomic E-state index is 12.4. The van der Waals surface area contributed by atoms with Crippen LogP contribution in [0.3, 0.4) is 0 Å². The summed E-state index contributed by atoms with van der Waals surface area (Å²) in [5.74, 6) is -0.145. The van der Waals surface area contributed by atoms with Gasteiger partial charge in [-0.15, -0.1) is 0 Å². The molecule has 0 radical (unpaired) electrons. The monoisotopic (exact) mass is 844 g/mol. The molecule has 6 heteroatoms. The molecule has 352 valence electrons. The molecule has 0 heterocycles. The van der Waals surface area contributed by atoms with E-state index in [2.05, 4.69) is 55.6 Å². The van der Waals surface area contributed by atoms with Crippen LogP contribution >= 0.6 is 0 Å². The zero-order chi connectivity index (χ0) is 43.7. The van der Waals surface area contributed by atoms with Gasteiger partial charge in [-0.3, -0.25) is 9.59 Å². The first-order valence-electron chi connectivity index (χ1n) is 26.2. The third-order valence-electron chi connectivity index (χ3n) is 11.9. The molecule has 0 aliphatic heterocycles. The molecule has 0 spiro atoms. The van der Waals surface area contributed by atoms with Crippen molar-refractivity contribution in [2.24, 2.45) is 0 Å². The second-order valence-corrected chi connectivity index (χ2v) is 17.8. The van der Waals surface area contributed by atoms with Gasteiger partial charge in [0.05, 0.1) is 25.4 Å². The molecule has 2 atom stereocenters.